The predicted octanol–water partition coefficient (Wildman–Crippen LogP) is 0.306. The minimum Gasteiger partial charge on any atom is -0.355 e. The topological polar surface area (TPSA) is 78.5 Å². The number of rotatable bonds is 9. The van der Waals surface area contributed by atoms with Gasteiger partial charge in [0.15, 0.2) is 0 Å². The van der Waals surface area contributed by atoms with Gasteiger partial charge in [-0.1, -0.05) is 19.8 Å². The summed E-state index contributed by atoms with van der Waals surface area (Å²) >= 11 is 0. The van der Waals surface area contributed by atoms with E-state index in [1.165, 1.54) is 23.4 Å². The van der Waals surface area contributed by atoms with Crippen LogP contribution in [0.15, 0.2) is 0 Å². The first kappa shape index (κ1) is 17.4. The zero-order chi connectivity index (χ0) is 15.0. The lowest BCUT2D eigenvalue weighted by Crippen LogP contribution is -2.39. The molecule has 118 valence electrons. The summed E-state index contributed by atoms with van der Waals surface area (Å²) in [7, 11) is -3.13. The van der Waals surface area contributed by atoms with Gasteiger partial charge in [0, 0.05) is 25.7 Å². The summed E-state index contributed by atoms with van der Waals surface area (Å²) in [4.78, 5) is 11.6. The third kappa shape index (κ3) is 6.67. The largest absolute Gasteiger partial charge is 0.355 e. The lowest BCUT2D eigenvalue weighted by Gasteiger charge is -2.17. The van der Waals surface area contributed by atoms with E-state index in [1.54, 1.807) is 0 Å². The van der Waals surface area contributed by atoms with Gasteiger partial charge >= 0.3 is 0 Å². The van der Waals surface area contributed by atoms with Gasteiger partial charge in [0.25, 0.3) is 0 Å². The van der Waals surface area contributed by atoms with Crippen LogP contribution in [0.2, 0.25) is 0 Å². The first-order valence-corrected chi connectivity index (χ1v) is 9.23. The van der Waals surface area contributed by atoms with Crippen LogP contribution in [0.1, 0.15) is 39.0 Å². The molecular weight excluding hydrogens is 278 g/mol. The molecule has 20 heavy (non-hydrogen) atoms. The maximum atomic E-state index is 11.6. The number of hydrogen-bond donors (Lipinski definition) is 2. The summed E-state index contributed by atoms with van der Waals surface area (Å²) < 4.78 is 24.1. The second-order valence-corrected chi connectivity index (χ2v) is 7.30. The van der Waals surface area contributed by atoms with Gasteiger partial charge in [-0.05, 0) is 19.3 Å². The Kier molecular flexibility index (Phi) is 7.47. The Balaban J connectivity index is 2.09. The molecule has 0 aromatic heterocycles. The van der Waals surface area contributed by atoms with Crippen LogP contribution in [-0.4, -0.2) is 57.1 Å². The van der Waals surface area contributed by atoms with Crippen LogP contribution in [-0.2, 0) is 14.8 Å². The number of hydrogen-bond acceptors (Lipinski definition) is 4. The molecule has 0 aromatic carbocycles. The number of sulfonamides is 1. The first-order chi connectivity index (χ1) is 9.43. The maximum absolute atomic E-state index is 11.6. The lowest BCUT2D eigenvalue weighted by molar-refractivity contribution is -0.120. The molecule has 0 unspecified atom stereocenters. The van der Waals surface area contributed by atoms with Crippen molar-refractivity contribution in [2.75, 3.05) is 32.4 Å². The zero-order valence-corrected chi connectivity index (χ0v) is 13.3. The van der Waals surface area contributed by atoms with Gasteiger partial charge in [-0.3, -0.25) is 4.79 Å². The summed E-state index contributed by atoms with van der Waals surface area (Å²) in [5.41, 5.74) is 0. The highest BCUT2D eigenvalue weighted by atomic mass is 32.2. The zero-order valence-electron chi connectivity index (χ0n) is 12.5. The Morgan fingerprint density at radius 1 is 1.30 bits per heavy atom. The minimum atomic E-state index is -3.13. The summed E-state index contributed by atoms with van der Waals surface area (Å²) in [6.45, 7) is 3.60. The molecule has 1 fully saturated rings. The van der Waals surface area contributed by atoms with Crippen molar-refractivity contribution in [1.29, 1.82) is 0 Å². The normalized spacial score (nSPS) is 16.8. The monoisotopic (exact) mass is 305 g/mol. The van der Waals surface area contributed by atoms with E-state index < -0.39 is 10.0 Å². The third-order valence-electron chi connectivity index (χ3n) is 3.63. The fourth-order valence-electron chi connectivity index (χ4n) is 2.47. The Labute approximate surface area is 122 Å². The second kappa shape index (κ2) is 8.59. The van der Waals surface area contributed by atoms with Crippen LogP contribution < -0.4 is 10.6 Å². The SMILES string of the molecule is CCN(CCCNC(=O)CNC1CCCC1)S(C)(=O)=O. The summed E-state index contributed by atoms with van der Waals surface area (Å²) in [6, 6.07) is 0.488. The predicted molar refractivity (Wildman–Crippen MR) is 80.0 cm³/mol. The van der Waals surface area contributed by atoms with Crippen LogP contribution in [0.4, 0.5) is 0 Å². The molecule has 1 saturated carbocycles. The molecule has 0 atom stereocenters. The number of nitrogens with zero attached hydrogens (tertiary/aromatic N) is 1. The highest BCUT2D eigenvalue weighted by Crippen LogP contribution is 2.17. The standard InChI is InChI=1S/C13H27N3O3S/c1-3-16(20(2,18)19)10-6-9-14-13(17)11-15-12-7-4-5-8-12/h12,15H,3-11H2,1-2H3,(H,14,17). The van der Waals surface area contributed by atoms with Crippen molar-refractivity contribution in [1.82, 2.24) is 14.9 Å². The Morgan fingerprint density at radius 3 is 2.50 bits per heavy atom. The fourth-order valence-corrected chi connectivity index (χ4v) is 3.40. The number of amides is 1. The summed E-state index contributed by atoms with van der Waals surface area (Å²) in [5, 5.41) is 6.06. The molecule has 1 aliphatic carbocycles. The van der Waals surface area contributed by atoms with E-state index in [4.69, 9.17) is 0 Å². The smallest absolute Gasteiger partial charge is 0.233 e. The first-order valence-electron chi connectivity index (χ1n) is 7.38. The molecule has 6 nitrogen and oxygen atoms in total. The van der Waals surface area contributed by atoms with Gasteiger partial charge in [0.1, 0.15) is 0 Å². The van der Waals surface area contributed by atoms with E-state index in [9.17, 15) is 13.2 Å². The lowest BCUT2D eigenvalue weighted by atomic mass is 10.2. The van der Waals surface area contributed by atoms with Crippen LogP contribution in [0.5, 0.6) is 0 Å². The summed E-state index contributed by atoms with van der Waals surface area (Å²) in [5.74, 6) is -0.0145. The van der Waals surface area contributed by atoms with Gasteiger partial charge in [-0.15, -0.1) is 0 Å². The van der Waals surface area contributed by atoms with Crippen molar-refractivity contribution in [3.05, 3.63) is 0 Å². The van der Waals surface area contributed by atoms with Gasteiger partial charge in [0.05, 0.1) is 12.8 Å². The van der Waals surface area contributed by atoms with E-state index in [0.717, 1.165) is 12.8 Å². The van der Waals surface area contributed by atoms with E-state index in [-0.39, 0.29) is 5.91 Å². The molecule has 0 saturated heterocycles. The van der Waals surface area contributed by atoms with E-state index in [0.29, 0.717) is 38.6 Å². The summed E-state index contributed by atoms with van der Waals surface area (Å²) in [6.07, 6.45) is 6.66. The molecule has 0 spiro atoms. The van der Waals surface area contributed by atoms with Crippen molar-refractivity contribution in [3.8, 4) is 0 Å². The van der Waals surface area contributed by atoms with Crippen molar-refractivity contribution in [3.63, 3.8) is 0 Å². The van der Waals surface area contributed by atoms with E-state index >= 15 is 0 Å². The Morgan fingerprint density at radius 2 is 1.95 bits per heavy atom. The Hall–Kier alpha value is -0.660. The van der Waals surface area contributed by atoms with Crippen LogP contribution >= 0.6 is 0 Å². The van der Waals surface area contributed by atoms with Crippen LogP contribution in [0.3, 0.4) is 0 Å². The van der Waals surface area contributed by atoms with E-state index in [2.05, 4.69) is 10.6 Å². The fraction of sp³-hybridized carbons (Fsp3) is 0.923. The number of carbonyl (C=O) groups is 1. The van der Waals surface area contributed by atoms with Crippen LogP contribution in [0, 0.1) is 0 Å². The van der Waals surface area contributed by atoms with Crippen LogP contribution in [0.25, 0.3) is 0 Å². The molecule has 0 bridgehead atoms. The molecule has 1 amide bonds. The molecule has 1 aliphatic rings. The molecule has 7 heteroatoms. The molecule has 0 aliphatic heterocycles. The third-order valence-corrected chi connectivity index (χ3v) is 5.01. The Bertz CT molecular complexity index is 392. The molecule has 0 aromatic rings. The second-order valence-electron chi connectivity index (χ2n) is 5.32. The highest BCUT2D eigenvalue weighted by Gasteiger charge is 2.15. The maximum Gasteiger partial charge on any atom is 0.233 e. The highest BCUT2D eigenvalue weighted by molar-refractivity contribution is 7.88. The van der Waals surface area contributed by atoms with Gasteiger partial charge < -0.3 is 10.6 Å². The van der Waals surface area contributed by atoms with Crippen molar-refractivity contribution >= 4 is 15.9 Å². The molecule has 2 N–H and O–H groups in total. The molecule has 0 heterocycles. The molecule has 0 radical (unpaired) electrons. The quantitative estimate of drug-likeness (QED) is 0.601. The van der Waals surface area contributed by atoms with Gasteiger partial charge in [-0.25, -0.2) is 12.7 Å². The molecule has 1 rings (SSSR count). The number of nitrogens with one attached hydrogen (secondary N) is 2. The van der Waals surface area contributed by atoms with Gasteiger partial charge in [-0.2, -0.15) is 0 Å². The van der Waals surface area contributed by atoms with E-state index in [1.807, 2.05) is 6.92 Å². The molecular formula is C13H27N3O3S. The van der Waals surface area contributed by atoms with Crippen molar-refractivity contribution < 1.29 is 13.2 Å². The number of carbonyl (C=O) groups excluding carboxylic acids is 1. The average molecular weight is 305 g/mol. The van der Waals surface area contributed by atoms with Crippen molar-refractivity contribution in [2.24, 2.45) is 0 Å². The van der Waals surface area contributed by atoms with Crippen molar-refractivity contribution in [2.45, 2.75) is 45.1 Å². The van der Waals surface area contributed by atoms with Gasteiger partial charge in [0.2, 0.25) is 15.9 Å². The average Bonchev–Trinajstić information content (AvgIpc) is 2.87. The minimum absolute atomic E-state index is 0.0145.